The molecular weight excluding hydrogens is 338 g/mol. The fourth-order valence-corrected chi connectivity index (χ4v) is 3.32. The van der Waals surface area contributed by atoms with Gasteiger partial charge in [0.1, 0.15) is 29.8 Å². The van der Waals surface area contributed by atoms with Crippen LogP contribution in [0.25, 0.3) is 11.1 Å². The quantitative estimate of drug-likeness (QED) is 0.745. The number of nitrogens with two attached hydrogens (primary N) is 1. The van der Waals surface area contributed by atoms with Gasteiger partial charge in [-0.2, -0.15) is 5.26 Å². The van der Waals surface area contributed by atoms with Crippen molar-refractivity contribution in [1.82, 2.24) is 15.3 Å². The number of hydrogen-bond acceptors (Lipinski definition) is 6. The van der Waals surface area contributed by atoms with Crippen molar-refractivity contribution in [2.75, 3.05) is 12.3 Å². The van der Waals surface area contributed by atoms with Crippen molar-refractivity contribution < 1.29 is 4.74 Å². The molecule has 27 heavy (non-hydrogen) atoms. The molecule has 0 fully saturated rings. The zero-order valence-corrected chi connectivity index (χ0v) is 14.8. The summed E-state index contributed by atoms with van der Waals surface area (Å²) < 4.78 is 5.89. The maximum absolute atomic E-state index is 9.65. The van der Waals surface area contributed by atoms with Crippen LogP contribution in [-0.4, -0.2) is 16.5 Å². The highest BCUT2D eigenvalue weighted by Gasteiger charge is 2.22. The third-order valence-electron chi connectivity index (χ3n) is 4.60. The van der Waals surface area contributed by atoms with Crippen LogP contribution in [0, 0.1) is 11.3 Å². The molecule has 0 unspecified atom stereocenters. The van der Waals surface area contributed by atoms with E-state index in [4.69, 9.17) is 10.5 Å². The lowest BCUT2D eigenvalue weighted by Gasteiger charge is -2.22. The highest BCUT2D eigenvalue weighted by atomic mass is 16.5. The standard InChI is InChI=1S/C21H19N5O/c22-11-17-20(18-12-24-9-7-19(18)26-21(17)23)14-4-3-6-16(10-14)27-13-15-5-1-2-8-25-15/h1-6,8,10,24H,7,9,12-13H2,(H2,23,26). The number of rotatable bonds is 4. The lowest BCUT2D eigenvalue weighted by molar-refractivity contribution is 0.301. The first-order valence-corrected chi connectivity index (χ1v) is 8.81. The maximum atomic E-state index is 9.65. The van der Waals surface area contributed by atoms with Crippen molar-refractivity contribution in [1.29, 1.82) is 5.26 Å². The predicted octanol–water partition coefficient (Wildman–Crippen LogP) is 2.82. The Hall–Kier alpha value is -3.43. The number of nitrogens with one attached hydrogen (secondary N) is 1. The van der Waals surface area contributed by atoms with Gasteiger partial charge in [-0.15, -0.1) is 0 Å². The van der Waals surface area contributed by atoms with Crippen molar-refractivity contribution in [3.63, 3.8) is 0 Å². The van der Waals surface area contributed by atoms with E-state index in [9.17, 15) is 5.26 Å². The summed E-state index contributed by atoms with van der Waals surface area (Å²) in [4.78, 5) is 8.71. The molecule has 0 saturated heterocycles. The minimum Gasteiger partial charge on any atom is -0.487 e. The third kappa shape index (κ3) is 3.46. The fourth-order valence-electron chi connectivity index (χ4n) is 3.32. The maximum Gasteiger partial charge on any atom is 0.142 e. The van der Waals surface area contributed by atoms with Gasteiger partial charge in [0.05, 0.1) is 5.69 Å². The number of nitrogens with zero attached hydrogens (tertiary/aromatic N) is 3. The van der Waals surface area contributed by atoms with Crippen LogP contribution in [0.4, 0.5) is 5.82 Å². The molecule has 0 amide bonds. The number of ether oxygens (including phenoxy) is 1. The number of nitrogen functional groups attached to an aromatic ring is 1. The van der Waals surface area contributed by atoms with Gasteiger partial charge in [0, 0.05) is 37.0 Å². The average Bonchev–Trinajstić information content (AvgIpc) is 2.72. The highest BCUT2D eigenvalue weighted by molar-refractivity contribution is 5.80. The van der Waals surface area contributed by atoms with Gasteiger partial charge in [-0.25, -0.2) is 4.98 Å². The van der Waals surface area contributed by atoms with E-state index in [1.807, 2.05) is 42.5 Å². The molecule has 0 atom stereocenters. The number of pyridine rings is 2. The number of fused-ring (bicyclic) bond motifs is 1. The fraction of sp³-hybridized carbons (Fsp3) is 0.190. The second-order valence-electron chi connectivity index (χ2n) is 6.35. The molecule has 0 aliphatic carbocycles. The van der Waals surface area contributed by atoms with Crippen molar-refractivity contribution in [3.05, 3.63) is 71.2 Å². The molecular formula is C21H19N5O. The van der Waals surface area contributed by atoms with Crippen LogP contribution < -0.4 is 15.8 Å². The van der Waals surface area contributed by atoms with Crippen molar-refractivity contribution >= 4 is 5.82 Å². The van der Waals surface area contributed by atoms with Gasteiger partial charge in [-0.1, -0.05) is 18.2 Å². The van der Waals surface area contributed by atoms with Gasteiger partial charge in [0.2, 0.25) is 0 Å². The zero-order valence-electron chi connectivity index (χ0n) is 14.8. The van der Waals surface area contributed by atoms with E-state index in [1.165, 1.54) is 0 Å². The summed E-state index contributed by atoms with van der Waals surface area (Å²) in [7, 11) is 0. The Bertz CT molecular complexity index is 1010. The molecule has 4 rings (SSSR count). The van der Waals surface area contributed by atoms with Crippen LogP contribution in [0.3, 0.4) is 0 Å². The van der Waals surface area contributed by atoms with E-state index in [2.05, 4.69) is 21.4 Å². The molecule has 134 valence electrons. The first-order valence-electron chi connectivity index (χ1n) is 8.81. The molecule has 6 nitrogen and oxygen atoms in total. The molecule has 2 aromatic heterocycles. The molecule has 3 heterocycles. The van der Waals surface area contributed by atoms with Gasteiger partial charge < -0.3 is 15.8 Å². The molecule has 0 radical (unpaired) electrons. The number of hydrogen-bond donors (Lipinski definition) is 2. The summed E-state index contributed by atoms with van der Waals surface area (Å²) in [5, 5.41) is 13.0. The average molecular weight is 357 g/mol. The van der Waals surface area contributed by atoms with E-state index in [0.29, 0.717) is 18.7 Å². The van der Waals surface area contributed by atoms with Crippen molar-refractivity contribution in [2.24, 2.45) is 0 Å². The summed E-state index contributed by atoms with van der Waals surface area (Å²) in [5.74, 6) is 1.00. The van der Waals surface area contributed by atoms with Crippen molar-refractivity contribution in [2.45, 2.75) is 19.6 Å². The minimum atomic E-state index is 0.285. The van der Waals surface area contributed by atoms with Gasteiger partial charge in [-0.05, 0) is 35.4 Å². The van der Waals surface area contributed by atoms with E-state index in [1.54, 1.807) is 6.20 Å². The largest absolute Gasteiger partial charge is 0.487 e. The summed E-state index contributed by atoms with van der Waals surface area (Å²) in [6.07, 6.45) is 2.54. The van der Waals surface area contributed by atoms with Crippen LogP contribution in [-0.2, 0) is 19.6 Å². The second kappa shape index (κ2) is 7.44. The van der Waals surface area contributed by atoms with Gasteiger partial charge >= 0.3 is 0 Å². The summed E-state index contributed by atoms with van der Waals surface area (Å²) >= 11 is 0. The summed E-state index contributed by atoms with van der Waals surface area (Å²) in [5.41, 5.74) is 11.1. The molecule has 0 saturated carbocycles. The number of benzene rings is 1. The monoisotopic (exact) mass is 357 g/mol. The summed E-state index contributed by atoms with van der Waals surface area (Å²) in [6, 6.07) is 15.7. The normalized spacial score (nSPS) is 12.9. The number of nitriles is 1. The Morgan fingerprint density at radius 1 is 1.22 bits per heavy atom. The first-order chi connectivity index (χ1) is 13.3. The number of anilines is 1. The molecule has 3 aromatic rings. The molecule has 1 aliphatic heterocycles. The molecule has 0 bridgehead atoms. The predicted molar refractivity (Wildman–Crippen MR) is 103 cm³/mol. The first kappa shape index (κ1) is 17.0. The molecule has 1 aromatic carbocycles. The Kier molecular flexibility index (Phi) is 4.69. The zero-order chi connectivity index (χ0) is 18.6. The molecule has 3 N–H and O–H groups in total. The van der Waals surface area contributed by atoms with E-state index < -0.39 is 0 Å². The Balaban J connectivity index is 1.72. The van der Waals surface area contributed by atoms with Crippen LogP contribution in [0.1, 0.15) is 22.5 Å². The smallest absolute Gasteiger partial charge is 0.142 e. The third-order valence-corrected chi connectivity index (χ3v) is 4.60. The molecule has 1 aliphatic rings. The lowest BCUT2D eigenvalue weighted by atomic mass is 9.91. The van der Waals surface area contributed by atoms with E-state index >= 15 is 0 Å². The van der Waals surface area contributed by atoms with Gasteiger partial charge in [0.15, 0.2) is 0 Å². The van der Waals surface area contributed by atoms with Crippen LogP contribution in [0.15, 0.2) is 48.7 Å². The second-order valence-corrected chi connectivity index (χ2v) is 6.35. The molecule has 0 spiro atoms. The summed E-state index contributed by atoms with van der Waals surface area (Å²) in [6.45, 7) is 1.91. The van der Waals surface area contributed by atoms with Gasteiger partial charge in [-0.3, -0.25) is 4.98 Å². The van der Waals surface area contributed by atoms with Crippen LogP contribution >= 0.6 is 0 Å². The topological polar surface area (TPSA) is 96.9 Å². The van der Waals surface area contributed by atoms with Crippen molar-refractivity contribution in [3.8, 4) is 22.9 Å². The van der Waals surface area contributed by atoms with E-state index in [-0.39, 0.29) is 5.82 Å². The van der Waals surface area contributed by atoms with Crippen LogP contribution in [0.5, 0.6) is 5.75 Å². The Morgan fingerprint density at radius 3 is 2.96 bits per heavy atom. The highest BCUT2D eigenvalue weighted by Crippen LogP contribution is 2.35. The lowest BCUT2D eigenvalue weighted by Crippen LogP contribution is -2.26. The molecule has 6 heteroatoms. The van der Waals surface area contributed by atoms with Gasteiger partial charge in [0.25, 0.3) is 0 Å². The minimum absolute atomic E-state index is 0.285. The van der Waals surface area contributed by atoms with Crippen LogP contribution in [0.2, 0.25) is 0 Å². The SMILES string of the molecule is N#Cc1c(N)nc2c(c1-c1cccc(OCc3ccccn3)c1)CNCC2. The Labute approximate surface area is 157 Å². The van der Waals surface area contributed by atoms with E-state index in [0.717, 1.165) is 46.8 Å². The Morgan fingerprint density at radius 2 is 2.15 bits per heavy atom. The number of aromatic nitrogens is 2.